The number of nitrogens with one attached hydrogen (secondary N) is 2. The van der Waals surface area contributed by atoms with E-state index < -0.39 is 10.0 Å². The lowest BCUT2D eigenvalue weighted by atomic mass is 9.87. The van der Waals surface area contributed by atoms with Crippen molar-refractivity contribution in [1.82, 2.24) is 5.32 Å². The Morgan fingerprint density at radius 1 is 1.27 bits per heavy atom. The average Bonchev–Trinajstić information content (AvgIpc) is 3.36. The molecule has 4 rings (SSSR count). The summed E-state index contributed by atoms with van der Waals surface area (Å²) in [5, 5.41) is 3.27. The molecule has 3 aliphatic rings. The van der Waals surface area contributed by atoms with Crippen molar-refractivity contribution in [1.29, 1.82) is 0 Å². The van der Waals surface area contributed by atoms with E-state index in [0.29, 0.717) is 0 Å². The standard InChI is InChI=1S/C16H22N2O2S.ClH/c1-2-16(14-9-17-10-15(14)16)11-4-3-5-12(8-11)18-21(19,20)13-6-7-13;/h3-5,8,13-15,17-18H,2,6-7,9-10H2,1H3;1H/t14-,15+,16-;. The van der Waals surface area contributed by atoms with Crippen LogP contribution in [0.15, 0.2) is 24.3 Å². The number of fused-ring (bicyclic) bond motifs is 1. The van der Waals surface area contributed by atoms with Gasteiger partial charge in [0.1, 0.15) is 0 Å². The molecule has 0 spiro atoms. The van der Waals surface area contributed by atoms with Crippen LogP contribution in [-0.2, 0) is 15.4 Å². The van der Waals surface area contributed by atoms with Gasteiger partial charge in [-0.05, 0) is 61.9 Å². The van der Waals surface area contributed by atoms with E-state index in [9.17, 15) is 8.42 Å². The van der Waals surface area contributed by atoms with Gasteiger partial charge in [-0.2, -0.15) is 0 Å². The molecule has 2 N–H and O–H groups in total. The Morgan fingerprint density at radius 2 is 1.95 bits per heavy atom. The zero-order chi connectivity index (χ0) is 14.7. The summed E-state index contributed by atoms with van der Waals surface area (Å²) in [7, 11) is -3.17. The SMILES string of the molecule is CC[C@@]1(c2cccc(NS(=O)(=O)C3CC3)c2)[C@@H]2CNC[C@@H]21.Cl. The van der Waals surface area contributed by atoms with E-state index in [1.807, 2.05) is 12.1 Å². The highest BCUT2D eigenvalue weighted by molar-refractivity contribution is 7.93. The first-order chi connectivity index (χ1) is 10.1. The summed E-state index contributed by atoms with van der Waals surface area (Å²) in [6.07, 6.45) is 2.72. The predicted molar refractivity (Wildman–Crippen MR) is 91.1 cm³/mol. The molecule has 1 aromatic rings. The summed E-state index contributed by atoms with van der Waals surface area (Å²) in [6.45, 7) is 4.44. The molecule has 122 valence electrons. The Balaban J connectivity index is 0.00000144. The summed E-state index contributed by atoms with van der Waals surface area (Å²) in [6, 6.07) is 8.07. The molecule has 1 aliphatic heterocycles. The zero-order valence-electron chi connectivity index (χ0n) is 12.7. The van der Waals surface area contributed by atoms with Gasteiger partial charge in [0, 0.05) is 11.1 Å². The summed E-state index contributed by atoms with van der Waals surface area (Å²) in [4.78, 5) is 0. The highest BCUT2D eigenvalue weighted by Crippen LogP contribution is 2.63. The molecule has 3 atom stereocenters. The molecule has 2 aliphatic carbocycles. The molecule has 1 saturated heterocycles. The number of halogens is 1. The van der Waals surface area contributed by atoms with Gasteiger partial charge in [-0.3, -0.25) is 4.72 Å². The van der Waals surface area contributed by atoms with Gasteiger partial charge in [0.2, 0.25) is 10.0 Å². The van der Waals surface area contributed by atoms with Gasteiger partial charge in [-0.1, -0.05) is 19.1 Å². The van der Waals surface area contributed by atoms with Crippen molar-refractivity contribution >= 4 is 28.1 Å². The molecule has 2 saturated carbocycles. The lowest BCUT2D eigenvalue weighted by Crippen LogP contribution is -2.25. The summed E-state index contributed by atoms with van der Waals surface area (Å²) < 4.78 is 26.9. The summed E-state index contributed by atoms with van der Waals surface area (Å²) in [5.41, 5.74) is 2.30. The van der Waals surface area contributed by atoms with E-state index in [4.69, 9.17) is 0 Å². The molecule has 0 radical (unpaired) electrons. The quantitative estimate of drug-likeness (QED) is 0.864. The van der Waals surface area contributed by atoms with Gasteiger partial charge in [0.05, 0.1) is 5.25 Å². The Hall–Kier alpha value is -0.780. The molecular formula is C16H23ClN2O2S. The lowest BCUT2D eigenvalue weighted by Gasteiger charge is -2.21. The number of piperidine rings is 1. The van der Waals surface area contributed by atoms with Crippen LogP contribution < -0.4 is 10.0 Å². The fraction of sp³-hybridized carbons (Fsp3) is 0.625. The minimum Gasteiger partial charge on any atom is -0.316 e. The van der Waals surface area contributed by atoms with E-state index in [-0.39, 0.29) is 23.1 Å². The second-order valence-electron chi connectivity index (χ2n) is 6.69. The van der Waals surface area contributed by atoms with Gasteiger partial charge in [-0.25, -0.2) is 8.42 Å². The van der Waals surface area contributed by atoms with Crippen LogP contribution in [0.25, 0.3) is 0 Å². The van der Waals surface area contributed by atoms with Gasteiger partial charge in [0.25, 0.3) is 0 Å². The lowest BCUT2D eigenvalue weighted by molar-refractivity contribution is 0.502. The maximum Gasteiger partial charge on any atom is 0.235 e. The number of anilines is 1. The first kappa shape index (κ1) is 16.1. The molecule has 0 unspecified atom stereocenters. The fourth-order valence-electron chi connectivity index (χ4n) is 4.30. The predicted octanol–water partition coefficient (Wildman–Crippen LogP) is 2.51. The summed E-state index contributed by atoms with van der Waals surface area (Å²) >= 11 is 0. The van der Waals surface area contributed by atoms with E-state index in [1.165, 1.54) is 5.56 Å². The molecular weight excluding hydrogens is 320 g/mol. The van der Waals surface area contributed by atoms with Crippen LogP contribution in [0.2, 0.25) is 0 Å². The van der Waals surface area contributed by atoms with Crippen LogP contribution in [0.4, 0.5) is 5.69 Å². The van der Waals surface area contributed by atoms with Gasteiger partial charge >= 0.3 is 0 Å². The average molecular weight is 343 g/mol. The second-order valence-corrected chi connectivity index (χ2v) is 8.65. The van der Waals surface area contributed by atoms with E-state index >= 15 is 0 Å². The van der Waals surface area contributed by atoms with Crippen molar-refractivity contribution in [2.75, 3.05) is 17.8 Å². The normalized spacial score (nSPS) is 33.0. The molecule has 1 heterocycles. The fourth-order valence-corrected chi connectivity index (χ4v) is 5.68. The van der Waals surface area contributed by atoms with Crippen LogP contribution in [0.1, 0.15) is 31.7 Å². The number of rotatable bonds is 5. The molecule has 1 aromatic carbocycles. The van der Waals surface area contributed by atoms with E-state index in [2.05, 4.69) is 29.1 Å². The van der Waals surface area contributed by atoms with E-state index in [0.717, 1.165) is 49.9 Å². The number of hydrogen-bond acceptors (Lipinski definition) is 3. The maximum absolute atomic E-state index is 12.1. The Bertz CT molecular complexity index is 662. The van der Waals surface area contributed by atoms with Crippen molar-refractivity contribution in [2.45, 2.75) is 36.9 Å². The third-order valence-corrected chi connectivity index (χ3v) is 7.51. The first-order valence-corrected chi connectivity index (χ1v) is 9.45. The van der Waals surface area contributed by atoms with Gasteiger partial charge < -0.3 is 5.32 Å². The monoisotopic (exact) mass is 342 g/mol. The highest BCUT2D eigenvalue weighted by atomic mass is 35.5. The van der Waals surface area contributed by atoms with Crippen LogP contribution in [0.5, 0.6) is 0 Å². The van der Waals surface area contributed by atoms with Crippen molar-refractivity contribution in [3.63, 3.8) is 0 Å². The Labute approximate surface area is 138 Å². The summed E-state index contributed by atoms with van der Waals surface area (Å²) in [5.74, 6) is 1.44. The molecule has 4 nitrogen and oxygen atoms in total. The van der Waals surface area contributed by atoms with E-state index in [1.54, 1.807) is 0 Å². The van der Waals surface area contributed by atoms with Crippen molar-refractivity contribution in [3.05, 3.63) is 29.8 Å². The largest absolute Gasteiger partial charge is 0.316 e. The van der Waals surface area contributed by atoms with Crippen LogP contribution in [0, 0.1) is 11.8 Å². The van der Waals surface area contributed by atoms with Gasteiger partial charge in [0.15, 0.2) is 0 Å². The van der Waals surface area contributed by atoms with Crippen LogP contribution in [0.3, 0.4) is 0 Å². The highest BCUT2D eigenvalue weighted by Gasteiger charge is 2.65. The minimum absolute atomic E-state index is 0. The maximum atomic E-state index is 12.1. The van der Waals surface area contributed by atoms with Crippen LogP contribution >= 0.6 is 12.4 Å². The molecule has 6 heteroatoms. The molecule has 0 bridgehead atoms. The van der Waals surface area contributed by atoms with Crippen molar-refractivity contribution < 1.29 is 8.42 Å². The van der Waals surface area contributed by atoms with Crippen molar-refractivity contribution in [3.8, 4) is 0 Å². The third-order valence-electron chi connectivity index (χ3n) is 5.64. The Kier molecular flexibility index (Phi) is 3.94. The second kappa shape index (κ2) is 5.39. The number of benzene rings is 1. The third kappa shape index (κ3) is 2.34. The zero-order valence-corrected chi connectivity index (χ0v) is 14.3. The molecule has 3 fully saturated rings. The number of hydrogen-bond donors (Lipinski definition) is 2. The minimum atomic E-state index is -3.17. The number of sulfonamides is 1. The molecule has 0 aromatic heterocycles. The van der Waals surface area contributed by atoms with Gasteiger partial charge in [-0.15, -0.1) is 12.4 Å². The van der Waals surface area contributed by atoms with Crippen molar-refractivity contribution in [2.24, 2.45) is 11.8 Å². The molecule has 0 amide bonds. The smallest absolute Gasteiger partial charge is 0.235 e. The first-order valence-electron chi connectivity index (χ1n) is 7.91. The van der Waals surface area contributed by atoms with Crippen LogP contribution in [-0.4, -0.2) is 26.8 Å². The topological polar surface area (TPSA) is 58.2 Å². The molecule has 22 heavy (non-hydrogen) atoms. The Morgan fingerprint density at radius 3 is 2.55 bits per heavy atom.